The monoisotopic (exact) mass is 272 g/mol. The molecule has 5 heteroatoms. The first-order chi connectivity index (χ1) is 9.60. The van der Waals surface area contributed by atoms with Gasteiger partial charge in [0, 0.05) is 25.5 Å². The Kier molecular flexibility index (Phi) is 3.20. The van der Waals surface area contributed by atoms with Gasteiger partial charge < -0.3 is 4.90 Å². The van der Waals surface area contributed by atoms with E-state index in [-0.39, 0.29) is 0 Å². The Morgan fingerprint density at radius 2 is 2.05 bits per heavy atom. The summed E-state index contributed by atoms with van der Waals surface area (Å²) in [5.41, 5.74) is 2.43. The first-order valence-corrected chi connectivity index (χ1v) is 7.14. The van der Waals surface area contributed by atoms with Gasteiger partial charge in [0.2, 0.25) is 0 Å². The number of anilines is 1. The maximum Gasteiger partial charge on any atom is 0.160 e. The molecule has 3 heterocycles. The van der Waals surface area contributed by atoms with Gasteiger partial charge >= 0.3 is 0 Å². The van der Waals surface area contributed by atoms with Gasteiger partial charge in [-0.05, 0) is 31.7 Å². The van der Waals surface area contributed by atoms with Crippen LogP contribution < -0.4 is 4.90 Å². The number of hydrogen-bond acceptors (Lipinski definition) is 4. The minimum Gasteiger partial charge on any atom is -0.356 e. The zero-order chi connectivity index (χ0) is 14.3. The number of aldehydes is 1. The Bertz CT molecular complexity index is 653. The van der Waals surface area contributed by atoms with Crippen molar-refractivity contribution in [3.8, 4) is 0 Å². The molecular formula is C15H20N4O. The zero-order valence-corrected chi connectivity index (χ0v) is 12.3. The number of aryl methyl sites for hydroxylation is 2. The molecule has 0 atom stereocenters. The lowest BCUT2D eigenvalue weighted by Crippen LogP contribution is -2.34. The van der Waals surface area contributed by atoms with Crippen LogP contribution in [0.3, 0.4) is 0 Å². The van der Waals surface area contributed by atoms with Gasteiger partial charge in [-0.3, -0.25) is 9.48 Å². The third-order valence-corrected chi connectivity index (χ3v) is 4.22. The highest BCUT2D eigenvalue weighted by atomic mass is 16.1. The van der Waals surface area contributed by atoms with Crippen molar-refractivity contribution in [2.24, 2.45) is 13.0 Å². The van der Waals surface area contributed by atoms with Gasteiger partial charge in [-0.1, -0.05) is 6.92 Å². The van der Waals surface area contributed by atoms with E-state index >= 15 is 0 Å². The number of rotatable bonds is 2. The van der Waals surface area contributed by atoms with E-state index in [4.69, 9.17) is 4.98 Å². The van der Waals surface area contributed by atoms with Gasteiger partial charge in [0.15, 0.2) is 11.9 Å². The van der Waals surface area contributed by atoms with Crippen molar-refractivity contribution in [1.82, 2.24) is 14.8 Å². The van der Waals surface area contributed by atoms with E-state index in [0.29, 0.717) is 5.56 Å². The molecule has 0 aliphatic carbocycles. The number of hydrogen-bond donors (Lipinski definition) is 0. The van der Waals surface area contributed by atoms with Crippen LogP contribution in [0, 0.1) is 12.8 Å². The molecular weight excluding hydrogens is 252 g/mol. The minimum absolute atomic E-state index is 0.670. The number of carbonyl (C=O) groups excluding carboxylic acids is 1. The second-order valence-electron chi connectivity index (χ2n) is 5.77. The molecule has 0 saturated carbocycles. The number of carbonyl (C=O) groups is 1. The van der Waals surface area contributed by atoms with Crippen LogP contribution in [-0.4, -0.2) is 34.1 Å². The summed E-state index contributed by atoms with van der Waals surface area (Å²) >= 11 is 0. The van der Waals surface area contributed by atoms with E-state index in [9.17, 15) is 4.79 Å². The third kappa shape index (κ3) is 2.07. The second kappa shape index (κ2) is 4.89. The smallest absolute Gasteiger partial charge is 0.160 e. The van der Waals surface area contributed by atoms with Gasteiger partial charge in [0.05, 0.1) is 11.3 Å². The summed E-state index contributed by atoms with van der Waals surface area (Å²) in [5, 5.41) is 5.35. The van der Waals surface area contributed by atoms with Gasteiger partial charge in [-0.2, -0.15) is 5.10 Å². The lowest BCUT2D eigenvalue weighted by Gasteiger charge is -2.31. The number of aromatic nitrogens is 3. The van der Waals surface area contributed by atoms with E-state index in [1.165, 1.54) is 0 Å². The summed E-state index contributed by atoms with van der Waals surface area (Å²) in [6.45, 7) is 6.16. The average molecular weight is 272 g/mol. The highest BCUT2D eigenvalue weighted by Crippen LogP contribution is 2.27. The van der Waals surface area contributed by atoms with Gasteiger partial charge in [-0.15, -0.1) is 0 Å². The molecule has 0 N–H and O–H groups in total. The summed E-state index contributed by atoms with van der Waals surface area (Å²) < 4.78 is 1.79. The van der Waals surface area contributed by atoms with Crippen molar-refractivity contribution in [2.75, 3.05) is 18.0 Å². The molecule has 2 aromatic rings. The van der Waals surface area contributed by atoms with Crippen LogP contribution >= 0.6 is 0 Å². The van der Waals surface area contributed by atoms with Crippen molar-refractivity contribution >= 4 is 23.1 Å². The van der Waals surface area contributed by atoms with Crippen molar-refractivity contribution in [3.05, 3.63) is 17.3 Å². The summed E-state index contributed by atoms with van der Waals surface area (Å²) in [7, 11) is 1.89. The first-order valence-electron chi connectivity index (χ1n) is 7.14. The van der Waals surface area contributed by atoms with Gasteiger partial charge in [0.25, 0.3) is 0 Å². The fraction of sp³-hybridized carbons (Fsp3) is 0.533. The fourth-order valence-corrected chi connectivity index (χ4v) is 2.91. The molecule has 1 saturated heterocycles. The summed E-state index contributed by atoms with van der Waals surface area (Å²) in [4.78, 5) is 18.3. The first kappa shape index (κ1) is 13.1. The number of fused-ring (bicyclic) bond motifs is 1. The average Bonchev–Trinajstić information content (AvgIpc) is 2.73. The van der Waals surface area contributed by atoms with Crippen LogP contribution in [0.2, 0.25) is 0 Å². The Morgan fingerprint density at radius 1 is 1.35 bits per heavy atom. The lowest BCUT2D eigenvalue weighted by molar-refractivity contribution is 0.112. The van der Waals surface area contributed by atoms with Crippen LogP contribution in [-0.2, 0) is 7.05 Å². The molecule has 0 unspecified atom stereocenters. The Hall–Kier alpha value is -1.91. The maximum absolute atomic E-state index is 11.4. The predicted octanol–water partition coefficient (Wildman–Crippen LogP) is 2.33. The van der Waals surface area contributed by atoms with E-state index in [1.807, 2.05) is 20.0 Å². The van der Waals surface area contributed by atoms with Crippen LogP contribution in [0.1, 0.15) is 35.8 Å². The van der Waals surface area contributed by atoms with Crippen LogP contribution in [0.4, 0.5) is 5.82 Å². The van der Waals surface area contributed by atoms with Crippen LogP contribution in [0.15, 0.2) is 6.07 Å². The summed E-state index contributed by atoms with van der Waals surface area (Å²) in [6, 6.07) is 1.92. The molecule has 1 aliphatic rings. The quantitative estimate of drug-likeness (QED) is 0.787. The number of nitrogens with zero attached hydrogens (tertiary/aromatic N) is 4. The molecule has 0 aromatic carbocycles. The fourth-order valence-electron chi connectivity index (χ4n) is 2.91. The second-order valence-corrected chi connectivity index (χ2v) is 5.77. The minimum atomic E-state index is 0.670. The largest absolute Gasteiger partial charge is 0.356 e. The predicted molar refractivity (Wildman–Crippen MR) is 79.2 cm³/mol. The van der Waals surface area contributed by atoms with Crippen molar-refractivity contribution < 1.29 is 4.79 Å². The molecule has 20 heavy (non-hydrogen) atoms. The van der Waals surface area contributed by atoms with Gasteiger partial charge in [-0.25, -0.2) is 4.98 Å². The van der Waals surface area contributed by atoms with Crippen LogP contribution in [0.25, 0.3) is 11.0 Å². The Labute approximate surface area is 118 Å². The Morgan fingerprint density at radius 3 is 2.70 bits per heavy atom. The van der Waals surface area contributed by atoms with Crippen LogP contribution in [0.5, 0.6) is 0 Å². The SMILES string of the molecule is Cc1nn(C)c2nc(N3CCC(C)CC3)c(C=O)cc12. The molecule has 1 aliphatic heterocycles. The Balaban J connectivity index is 2.09. The highest BCUT2D eigenvalue weighted by Gasteiger charge is 2.21. The third-order valence-electron chi connectivity index (χ3n) is 4.22. The standard InChI is InChI=1S/C15H20N4O/c1-10-4-6-19(7-5-10)14-12(9-20)8-13-11(2)17-18(3)15(13)16-14/h8-10H,4-7H2,1-3H3. The zero-order valence-electron chi connectivity index (χ0n) is 12.3. The molecule has 106 valence electrons. The van der Waals surface area contributed by atoms with E-state index in [1.54, 1.807) is 4.68 Å². The van der Waals surface area contributed by atoms with Crippen molar-refractivity contribution in [2.45, 2.75) is 26.7 Å². The van der Waals surface area contributed by atoms with Gasteiger partial charge in [0.1, 0.15) is 5.82 Å². The lowest BCUT2D eigenvalue weighted by atomic mass is 9.99. The molecule has 0 amide bonds. The molecule has 5 nitrogen and oxygen atoms in total. The summed E-state index contributed by atoms with van der Waals surface area (Å²) in [6.07, 6.45) is 3.22. The molecule has 2 aromatic heterocycles. The molecule has 0 spiro atoms. The van der Waals surface area contributed by atoms with E-state index in [0.717, 1.165) is 60.7 Å². The number of pyridine rings is 1. The molecule has 0 bridgehead atoms. The normalized spacial score (nSPS) is 16.9. The molecule has 1 fully saturated rings. The molecule has 3 rings (SSSR count). The number of piperidine rings is 1. The van der Waals surface area contributed by atoms with E-state index in [2.05, 4.69) is 16.9 Å². The summed E-state index contributed by atoms with van der Waals surface area (Å²) in [5.74, 6) is 1.57. The van der Waals surface area contributed by atoms with Crippen molar-refractivity contribution in [3.63, 3.8) is 0 Å². The molecule has 0 radical (unpaired) electrons. The maximum atomic E-state index is 11.4. The van der Waals surface area contributed by atoms with Crippen molar-refractivity contribution in [1.29, 1.82) is 0 Å². The highest BCUT2D eigenvalue weighted by molar-refractivity contribution is 5.91. The topological polar surface area (TPSA) is 51.0 Å². The van der Waals surface area contributed by atoms with E-state index < -0.39 is 0 Å².